The Labute approximate surface area is 314 Å². The molecule has 4 aromatic carbocycles. The predicted octanol–water partition coefficient (Wildman–Crippen LogP) is 7.50. The number of fused-ring (bicyclic) bond motifs is 1. The molecule has 0 saturated carbocycles. The minimum atomic E-state index is -0.310. The van der Waals surface area contributed by atoms with Gasteiger partial charge < -0.3 is 33.5 Å². The van der Waals surface area contributed by atoms with Crippen molar-refractivity contribution >= 4 is 11.8 Å². The number of ether oxygens (including phenoxy) is 5. The van der Waals surface area contributed by atoms with Crippen LogP contribution in [0.15, 0.2) is 103 Å². The van der Waals surface area contributed by atoms with Crippen molar-refractivity contribution in [2.24, 2.45) is 0 Å². The van der Waals surface area contributed by atoms with Crippen LogP contribution in [0, 0.1) is 0 Å². The average molecular weight is 720 g/mol. The molecule has 9 nitrogen and oxygen atoms in total. The summed E-state index contributed by atoms with van der Waals surface area (Å²) >= 11 is 0. The Kier molecular flexibility index (Phi) is 12.8. The molecular formula is C44H53N3O6. The largest absolute Gasteiger partial charge is 0.492 e. The van der Waals surface area contributed by atoms with Gasteiger partial charge in [0.05, 0.1) is 31.5 Å². The third-order valence-corrected chi connectivity index (χ3v) is 10.8. The first-order chi connectivity index (χ1) is 26.1. The van der Waals surface area contributed by atoms with E-state index in [0.29, 0.717) is 38.8 Å². The van der Waals surface area contributed by atoms with Crippen LogP contribution in [-0.4, -0.2) is 94.7 Å². The molecule has 7 rings (SSSR count). The number of methoxy groups -OCH3 is 1. The molecule has 3 aliphatic heterocycles. The number of carbonyl (C=O) groups excluding carboxylic acids is 1. The lowest BCUT2D eigenvalue weighted by molar-refractivity contribution is -0.0246. The van der Waals surface area contributed by atoms with Gasteiger partial charge in [-0.25, -0.2) is 4.79 Å². The van der Waals surface area contributed by atoms with Crippen LogP contribution in [-0.2, 0) is 27.4 Å². The molecular weight excluding hydrogens is 666 g/mol. The second-order valence-corrected chi connectivity index (χ2v) is 14.3. The Morgan fingerprint density at radius 2 is 1.58 bits per heavy atom. The van der Waals surface area contributed by atoms with Crippen molar-refractivity contribution in [2.45, 2.75) is 50.4 Å². The van der Waals surface area contributed by atoms with E-state index in [-0.39, 0.29) is 24.7 Å². The van der Waals surface area contributed by atoms with Crippen molar-refractivity contribution in [3.8, 4) is 11.5 Å². The summed E-state index contributed by atoms with van der Waals surface area (Å²) in [6.45, 7) is 8.64. The number of hydrogen-bond acceptors (Lipinski definition) is 8. The molecule has 2 saturated heterocycles. The first-order valence-corrected chi connectivity index (χ1v) is 19.2. The number of carbonyl (C=O) groups is 1. The van der Waals surface area contributed by atoms with E-state index in [0.717, 1.165) is 80.5 Å². The van der Waals surface area contributed by atoms with Crippen LogP contribution in [0.5, 0.6) is 11.5 Å². The zero-order valence-corrected chi connectivity index (χ0v) is 30.9. The zero-order chi connectivity index (χ0) is 36.2. The van der Waals surface area contributed by atoms with Gasteiger partial charge in [-0.2, -0.15) is 0 Å². The van der Waals surface area contributed by atoms with Crippen molar-refractivity contribution in [2.75, 3.05) is 77.6 Å². The molecule has 1 amide bonds. The van der Waals surface area contributed by atoms with Crippen LogP contribution >= 0.6 is 0 Å². The SMILES string of the molecule is COCCCN1CCOc2ccc(COC3CN(C(=O)OCc4ccccc4)CCC3c3ccc(OCCN4CCC(c5ccccc5)C4)cc3)cc21. The first-order valence-electron chi connectivity index (χ1n) is 19.2. The van der Waals surface area contributed by atoms with Crippen LogP contribution in [0.3, 0.4) is 0 Å². The van der Waals surface area contributed by atoms with Crippen LogP contribution in [0.25, 0.3) is 0 Å². The summed E-state index contributed by atoms with van der Waals surface area (Å²) in [4.78, 5) is 19.9. The van der Waals surface area contributed by atoms with E-state index >= 15 is 0 Å². The van der Waals surface area contributed by atoms with E-state index in [1.165, 1.54) is 17.5 Å². The molecule has 3 heterocycles. The summed E-state index contributed by atoms with van der Waals surface area (Å²) < 4.78 is 30.0. The molecule has 9 heteroatoms. The van der Waals surface area contributed by atoms with Crippen molar-refractivity contribution in [1.82, 2.24) is 9.80 Å². The lowest BCUT2D eigenvalue weighted by Gasteiger charge is -2.38. The maximum atomic E-state index is 13.3. The van der Waals surface area contributed by atoms with E-state index in [4.69, 9.17) is 23.7 Å². The second-order valence-electron chi connectivity index (χ2n) is 14.3. The summed E-state index contributed by atoms with van der Waals surface area (Å²) in [5.41, 5.74) is 5.76. The van der Waals surface area contributed by atoms with Crippen LogP contribution in [0.1, 0.15) is 53.4 Å². The fourth-order valence-corrected chi connectivity index (χ4v) is 7.82. The van der Waals surface area contributed by atoms with Crippen molar-refractivity contribution in [3.63, 3.8) is 0 Å². The number of amides is 1. The number of benzene rings is 4. The van der Waals surface area contributed by atoms with Gasteiger partial charge in [-0.15, -0.1) is 0 Å². The lowest BCUT2D eigenvalue weighted by Crippen LogP contribution is -2.47. The smallest absolute Gasteiger partial charge is 0.410 e. The highest BCUT2D eigenvalue weighted by Crippen LogP contribution is 2.35. The molecule has 2 fully saturated rings. The second kappa shape index (κ2) is 18.5. The fourth-order valence-electron chi connectivity index (χ4n) is 7.82. The van der Waals surface area contributed by atoms with Crippen LogP contribution in [0.4, 0.5) is 10.5 Å². The highest BCUT2D eigenvalue weighted by Gasteiger charge is 2.34. The third-order valence-electron chi connectivity index (χ3n) is 10.8. The molecule has 0 bridgehead atoms. The molecule has 0 N–H and O–H groups in total. The van der Waals surface area contributed by atoms with E-state index in [1.54, 1.807) is 12.0 Å². The normalized spacial score (nSPS) is 20.1. The zero-order valence-electron chi connectivity index (χ0n) is 30.9. The predicted molar refractivity (Wildman–Crippen MR) is 207 cm³/mol. The monoisotopic (exact) mass is 719 g/mol. The van der Waals surface area contributed by atoms with Gasteiger partial charge in [0.1, 0.15) is 31.3 Å². The number of rotatable bonds is 15. The van der Waals surface area contributed by atoms with Crippen LogP contribution in [0.2, 0.25) is 0 Å². The molecule has 53 heavy (non-hydrogen) atoms. The summed E-state index contributed by atoms with van der Waals surface area (Å²) in [6.07, 6.45) is 2.40. The molecule has 4 aromatic rings. The molecule has 3 atom stereocenters. The first kappa shape index (κ1) is 36.8. The van der Waals surface area contributed by atoms with E-state index in [2.05, 4.69) is 76.5 Å². The van der Waals surface area contributed by atoms with E-state index in [1.807, 2.05) is 36.4 Å². The number of nitrogens with zero attached hydrogens (tertiary/aromatic N) is 3. The Bertz CT molecular complexity index is 1720. The van der Waals surface area contributed by atoms with E-state index in [9.17, 15) is 4.79 Å². The molecule has 3 unspecified atom stereocenters. The number of anilines is 1. The van der Waals surface area contributed by atoms with Gasteiger partial charge in [-0.1, -0.05) is 78.9 Å². The number of hydrogen-bond donors (Lipinski definition) is 0. The van der Waals surface area contributed by atoms with Crippen molar-refractivity contribution < 1.29 is 28.5 Å². The number of piperidine rings is 1. The van der Waals surface area contributed by atoms with Gasteiger partial charge in [0.25, 0.3) is 0 Å². The van der Waals surface area contributed by atoms with Gasteiger partial charge >= 0.3 is 6.09 Å². The Morgan fingerprint density at radius 1 is 0.774 bits per heavy atom. The molecule has 280 valence electrons. The highest BCUT2D eigenvalue weighted by atomic mass is 16.6. The minimum absolute atomic E-state index is 0.119. The Balaban J connectivity index is 0.978. The third kappa shape index (κ3) is 9.90. The standard InChI is InChI=1S/C44H53N3O6/c1-49-26-8-21-46-25-28-51-42-18-13-35(29-41(42)46)33-52-43-31-47(44(48)53-32-34-9-4-2-5-10-34)23-20-40(43)37-14-16-39(17-15-37)50-27-24-45-22-19-38(30-45)36-11-6-3-7-12-36/h2-7,9-18,29,38,40,43H,8,19-28,30-33H2,1H3. The van der Waals surface area contributed by atoms with Gasteiger partial charge in [0, 0.05) is 45.8 Å². The Morgan fingerprint density at radius 3 is 2.40 bits per heavy atom. The maximum absolute atomic E-state index is 13.3. The van der Waals surface area contributed by atoms with Crippen molar-refractivity contribution in [1.29, 1.82) is 0 Å². The molecule has 3 aliphatic rings. The van der Waals surface area contributed by atoms with Crippen LogP contribution < -0.4 is 14.4 Å². The maximum Gasteiger partial charge on any atom is 0.410 e. The fraction of sp³-hybridized carbons (Fsp3) is 0.432. The summed E-state index contributed by atoms with van der Waals surface area (Å²) in [7, 11) is 1.74. The topological polar surface area (TPSA) is 72.9 Å². The summed E-state index contributed by atoms with van der Waals surface area (Å²) in [5.74, 6) is 2.50. The van der Waals surface area contributed by atoms with E-state index < -0.39 is 0 Å². The van der Waals surface area contributed by atoms with Gasteiger partial charge in [-0.3, -0.25) is 4.90 Å². The van der Waals surface area contributed by atoms with Gasteiger partial charge in [-0.05, 0) is 78.2 Å². The minimum Gasteiger partial charge on any atom is -0.492 e. The Hall–Kier alpha value is -4.57. The van der Waals surface area contributed by atoms with Gasteiger partial charge in [0.2, 0.25) is 0 Å². The summed E-state index contributed by atoms with van der Waals surface area (Å²) in [6, 6.07) is 35.4. The van der Waals surface area contributed by atoms with Crippen molar-refractivity contribution in [3.05, 3.63) is 125 Å². The number of likely N-dealkylation sites (tertiary alicyclic amines) is 2. The average Bonchev–Trinajstić information content (AvgIpc) is 3.69. The lowest BCUT2D eigenvalue weighted by atomic mass is 9.87. The molecule has 0 aromatic heterocycles. The molecule has 0 radical (unpaired) electrons. The quantitative estimate of drug-likeness (QED) is 0.117. The summed E-state index contributed by atoms with van der Waals surface area (Å²) in [5, 5.41) is 0. The molecule has 0 aliphatic carbocycles. The molecule has 0 spiro atoms. The van der Waals surface area contributed by atoms with Gasteiger partial charge in [0.15, 0.2) is 0 Å². The highest BCUT2D eigenvalue weighted by molar-refractivity contribution is 5.68.